The maximum absolute atomic E-state index is 5.83. The van der Waals surface area contributed by atoms with Gasteiger partial charge in [0, 0.05) is 17.9 Å². The fourth-order valence-corrected chi connectivity index (χ4v) is 1.79. The van der Waals surface area contributed by atoms with Crippen molar-refractivity contribution in [3.63, 3.8) is 0 Å². The predicted octanol–water partition coefficient (Wildman–Crippen LogP) is 2.02. The fraction of sp³-hybridized carbons (Fsp3) is 0.667. The summed E-state index contributed by atoms with van der Waals surface area (Å²) in [6.45, 7) is 8.80. The van der Waals surface area contributed by atoms with Crippen molar-refractivity contribution in [1.82, 2.24) is 9.97 Å². The van der Waals surface area contributed by atoms with Crippen LogP contribution in [0.3, 0.4) is 0 Å². The molecule has 4 heteroatoms. The highest BCUT2D eigenvalue weighted by atomic mass is 15.2. The van der Waals surface area contributed by atoms with Crippen molar-refractivity contribution in [2.24, 2.45) is 5.73 Å². The van der Waals surface area contributed by atoms with Gasteiger partial charge in [0.1, 0.15) is 0 Å². The zero-order valence-electron chi connectivity index (χ0n) is 10.7. The summed E-state index contributed by atoms with van der Waals surface area (Å²) in [5.41, 5.74) is 7.71. The van der Waals surface area contributed by atoms with E-state index in [0.29, 0.717) is 12.5 Å². The van der Waals surface area contributed by atoms with Crippen LogP contribution < -0.4 is 11.1 Å². The topological polar surface area (TPSA) is 63.8 Å². The van der Waals surface area contributed by atoms with Crippen LogP contribution in [0, 0.1) is 13.8 Å². The number of nitrogens with two attached hydrogens (primary N) is 1. The van der Waals surface area contributed by atoms with Crippen LogP contribution >= 0.6 is 0 Å². The SMILES string of the molecule is CCC(CC)(CN)Nc1nc(C)cc(C)n1. The van der Waals surface area contributed by atoms with Gasteiger partial charge in [-0.15, -0.1) is 0 Å². The summed E-state index contributed by atoms with van der Waals surface area (Å²) in [4.78, 5) is 8.77. The Morgan fingerprint density at radius 1 is 1.19 bits per heavy atom. The van der Waals surface area contributed by atoms with E-state index in [-0.39, 0.29) is 5.54 Å². The molecule has 0 fully saturated rings. The van der Waals surface area contributed by atoms with Crippen LogP contribution in [0.5, 0.6) is 0 Å². The average Bonchev–Trinajstić information content (AvgIpc) is 2.25. The first-order chi connectivity index (χ1) is 7.55. The van der Waals surface area contributed by atoms with Crippen molar-refractivity contribution in [3.8, 4) is 0 Å². The number of hydrogen-bond acceptors (Lipinski definition) is 4. The third-order valence-electron chi connectivity index (χ3n) is 3.10. The van der Waals surface area contributed by atoms with Crippen molar-refractivity contribution >= 4 is 5.95 Å². The molecule has 0 atom stereocenters. The van der Waals surface area contributed by atoms with E-state index in [2.05, 4.69) is 29.1 Å². The second kappa shape index (κ2) is 5.25. The van der Waals surface area contributed by atoms with Crippen molar-refractivity contribution < 1.29 is 0 Å². The molecule has 0 spiro atoms. The number of rotatable bonds is 5. The first-order valence-electron chi connectivity index (χ1n) is 5.85. The molecule has 0 aliphatic heterocycles. The van der Waals surface area contributed by atoms with Crippen LogP contribution in [-0.4, -0.2) is 22.1 Å². The van der Waals surface area contributed by atoms with Crippen LogP contribution in [0.4, 0.5) is 5.95 Å². The molecule has 0 aromatic carbocycles. The van der Waals surface area contributed by atoms with Gasteiger partial charge in [-0.25, -0.2) is 9.97 Å². The van der Waals surface area contributed by atoms with Crippen LogP contribution in [0.2, 0.25) is 0 Å². The van der Waals surface area contributed by atoms with Crippen molar-refractivity contribution in [1.29, 1.82) is 0 Å². The van der Waals surface area contributed by atoms with Gasteiger partial charge >= 0.3 is 0 Å². The Labute approximate surface area is 97.7 Å². The van der Waals surface area contributed by atoms with Crippen LogP contribution in [0.25, 0.3) is 0 Å². The van der Waals surface area contributed by atoms with Gasteiger partial charge in [-0.2, -0.15) is 0 Å². The molecule has 90 valence electrons. The van der Waals surface area contributed by atoms with E-state index in [4.69, 9.17) is 5.73 Å². The van der Waals surface area contributed by atoms with Gasteiger partial charge in [-0.1, -0.05) is 13.8 Å². The summed E-state index contributed by atoms with van der Waals surface area (Å²) in [5.74, 6) is 0.687. The first kappa shape index (κ1) is 12.9. The van der Waals surface area contributed by atoms with Crippen LogP contribution in [-0.2, 0) is 0 Å². The van der Waals surface area contributed by atoms with Gasteiger partial charge in [-0.05, 0) is 32.8 Å². The summed E-state index contributed by atoms with van der Waals surface area (Å²) in [5, 5.41) is 3.38. The largest absolute Gasteiger partial charge is 0.348 e. The minimum Gasteiger partial charge on any atom is -0.348 e. The number of aryl methyl sites for hydroxylation is 2. The Balaban J connectivity index is 2.93. The summed E-state index contributed by atoms with van der Waals surface area (Å²) in [7, 11) is 0. The second-order valence-corrected chi connectivity index (χ2v) is 4.29. The lowest BCUT2D eigenvalue weighted by Gasteiger charge is -2.31. The molecule has 0 saturated heterocycles. The molecule has 1 heterocycles. The van der Waals surface area contributed by atoms with E-state index < -0.39 is 0 Å². The third-order valence-corrected chi connectivity index (χ3v) is 3.10. The highest BCUT2D eigenvalue weighted by Gasteiger charge is 2.24. The van der Waals surface area contributed by atoms with Crippen LogP contribution in [0.1, 0.15) is 38.1 Å². The van der Waals surface area contributed by atoms with Gasteiger partial charge in [-0.3, -0.25) is 0 Å². The van der Waals surface area contributed by atoms with Gasteiger partial charge in [0.15, 0.2) is 0 Å². The molecule has 0 radical (unpaired) electrons. The number of hydrogen-bond donors (Lipinski definition) is 2. The summed E-state index contributed by atoms with van der Waals surface area (Å²) < 4.78 is 0. The standard InChI is InChI=1S/C12H22N4/c1-5-12(6-2,8-13)16-11-14-9(3)7-10(4)15-11/h7H,5-6,8,13H2,1-4H3,(H,14,15,16). The van der Waals surface area contributed by atoms with Crippen LogP contribution in [0.15, 0.2) is 6.07 Å². The third kappa shape index (κ3) is 2.92. The zero-order chi connectivity index (χ0) is 12.2. The molecule has 1 rings (SSSR count). The molecule has 16 heavy (non-hydrogen) atoms. The highest BCUT2D eigenvalue weighted by molar-refractivity contribution is 5.32. The highest BCUT2D eigenvalue weighted by Crippen LogP contribution is 2.19. The van der Waals surface area contributed by atoms with E-state index in [9.17, 15) is 0 Å². The molecule has 0 aliphatic carbocycles. The Hall–Kier alpha value is -1.16. The maximum atomic E-state index is 5.83. The minimum atomic E-state index is -0.0831. The minimum absolute atomic E-state index is 0.0831. The smallest absolute Gasteiger partial charge is 0.223 e. The number of anilines is 1. The Bertz CT molecular complexity index is 316. The Morgan fingerprint density at radius 3 is 2.06 bits per heavy atom. The van der Waals surface area contributed by atoms with E-state index in [1.165, 1.54) is 0 Å². The fourth-order valence-electron chi connectivity index (χ4n) is 1.79. The number of nitrogens with one attached hydrogen (secondary N) is 1. The molecule has 0 aliphatic rings. The lowest BCUT2D eigenvalue weighted by molar-refractivity contribution is 0.441. The average molecular weight is 222 g/mol. The number of aromatic nitrogens is 2. The lowest BCUT2D eigenvalue weighted by atomic mass is 9.93. The van der Waals surface area contributed by atoms with Crippen molar-refractivity contribution in [2.75, 3.05) is 11.9 Å². The van der Waals surface area contributed by atoms with E-state index in [0.717, 1.165) is 24.2 Å². The van der Waals surface area contributed by atoms with E-state index in [1.807, 2.05) is 19.9 Å². The quantitative estimate of drug-likeness (QED) is 0.800. The normalized spacial score (nSPS) is 11.6. The lowest BCUT2D eigenvalue weighted by Crippen LogP contribution is -2.44. The molecule has 0 bridgehead atoms. The van der Waals surface area contributed by atoms with E-state index >= 15 is 0 Å². The number of nitrogens with zero attached hydrogens (tertiary/aromatic N) is 2. The first-order valence-corrected chi connectivity index (χ1v) is 5.85. The van der Waals surface area contributed by atoms with E-state index in [1.54, 1.807) is 0 Å². The molecular weight excluding hydrogens is 200 g/mol. The molecule has 0 amide bonds. The molecular formula is C12H22N4. The predicted molar refractivity (Wildman–Crippen MR) is 67.5 cm³/mol. The Kier molecular flexibility index (Phi) is 4.24. The van der Waals surface area contributed by atoms with Gasteiger partial charge < -0.3 is 11.1 Å². The summed E-state index contributed by atoms with van der Waals surface area (Å²) >= 11 is 0. The summed E-state index contributed by atoms with van der Waals surface area (Å²) in [6, 6.07) is 1.97. The molecule has 0 saturated carbocycles. The molecule has 1 aromatic heterocycles. The maximum Gasteiger partial charge on any atom is 0.223 e. The van der Waals surface area contributed by atoms with Crippen molar-refractivity contribution in [3.05, 3.63) is 17.5 Å². The zero-order valence-corrected chi connectivity index (χ0v) is 10.7. The second-order valence-electron chi connectivity index (χ2n) is 4.29. The molecule has 3 N–H and O–H groups in total. The molecule has 1 aromatic rings. The van der Waals surface area contributed by atoms with Crippen molar-refractivity contribution in [2.45, 2.75) is 46.1 Å². The van der Waals surface area contributed by atoms with Gasteiger partial charge in [0.2, 0.25) is 5.95 Å². The molecule has 4 nitrogen and oxygen atoms in total. The Morgan fingerprint density at radius 2 is 1.69 bits per heavy atom. The summed E-state index contributed by atoms with van der Waals surface area (Å²) in [6.07, 6.45) is 1.94. The monoisotopic (exact) mass is 222 g/mol. The van der Waals surface area contributed by atoms with Gasteiger partial charge in [0.25, 0.3) is 0 Å². The van der Waals surface area contributed by atoms with Gasteiger partial charge in [0.05, 0.1) is 5.54 Å². The molecule has 0 unspecified atom stereocenters.